The molecular formula is C25H23ClFN5O2. The molecule has 0 radical (unpaired) electrons. The van der Waals surface area contributed by atoms with Gasteiger partial charge in [-0.15, -0.1) is 0 Å². The molecule has 174 valence electrons. The van der Waals surface area contributed by atoms with Crippen LogP contribution in [-0.2, 0) is 0 Å². The standard InChI is InChI=1S/C25H23ClFN5O2/c26-17-7-8-18-21(16-17)29-23-19(4-3-10-32(23)25(18)34)24(33)28-9-11-30-12-14-31(15-13-30)22-6-2-1-5-20(22)27/h1-8,10,16H,9,11-15H2,(H,28,33). The molecule has 1 saturated heterocycles. The molecule has 4 aromatic rings. The first-order valence-electron chi connectivity index (χ1n) is 11.1. The van der Waals surface area contributed by atoms with Gasteiger partial charge in [-0.1, -0.05) is 23.7 Å². The number of anilines is 1. The molecule has 0 bridgehead atoms. The zero-order valence-electron chi connectivity index (χ0n) is 18.4. The highest BCUT2D eigenvalue weighted by Crippen LogP contribution is 2.20. The van der Waals surface area contributed by atoms with E-state index in [0.717, 1.165) is 26.2 Å². The van der Waals surface area contributed by atoms with Crippen molar-refractivity contribution in [1.29, 1.82) is 0 Å². The Bertz CT molecular complexity index is 1430. The lowest BCUT2D eigenvalue weighted by molar-refractivity contribution is 0.0949. The van der Waals surface area contributed by atoms with Crippen molar-refractivity contribution in [2.24, 2.45) is 0 Å². The molecule has 1 aliphatic rings. The van der Waals surface area contributed by atoms with Crippen LogP contribution in [0.4, 0.5) is 10.1 Å². The second kappa shape index (κ2) is 9.40. The number of fused-ring (bicyclic) bond motifs is 2. The van der Waals surface area contributed by atoms with Gasteiger partial charge in [0, 0.05) is 50.5 Å². The van der Waals surface area contributed by atoms with Gasteiger partial charge in [-0.25, -0.2) is 9.37 Å². The number of benzene rings is 2. The Morgan fingerprint density at radius 3 is 2.65 bits per heavy atom. The number of pyridine rings is 1. The van der Waals surface area contributed by atoms with Crippen molar-refractivity contribution >= 4 is 39.7 Å². The van der Waals surface area contributed by atoms with Gasteiger partial charge < -0.3 is 10.2 Å². The van der Waals surface area contributed by atoms with Crippen molar-refractivity contribution in [2.45, 2.75) is 0 Å². The lowest BCUT2D eigenvalue weighted by atomic mass is 10.2. The summed E-state index contributed by atoms with van der Waals surface area (Å²) in [6.45, 7) is 4.13. The molecule has 34 heavy (non-hydrogen) atoms. The Hall–Kier alpha value is -3.49. The van der Waals surface area contributed by atoms with Crippen LogP contribution in [0.3, 0.4) is 0 Å². The minimum Gasteiger partial charge on any atom is -0.367 e. The Kier molecular flexibility index (Phi) is 6.17. The summed E-state index contributed by atoms with van der Waals surface area (Å²) in [5.74, 6) is -0.502. The van der Waals surface area contributed by atoms with Gasteiger partial charge in [0.25, 0.3) is 11.5 Å². The predicted octanol–water partition coefficient (Wildman–Crippen LogP) is 3.19. The molecule has 3 heterocycles. The molecular weight excluding hydrogens is 457 g/mol. The third-order valence-corrected chi connectivity index (χ3v) is 6.36. The molecule has 0 spiro atoms. The lowest BCUT2D eigenvalue weighted by Crippen LogP contribution is -2.48. The van der Waals surface area contributed by atoms with Crippen LogP contribution in [0.25, 0.3) is 16.6 Å². The van der Waals surface area contributed by atoms with Crippen LogP contribution in [0.1, 0.15) is 10.4 Å². The largest absolute Gasteiger partial charge is 0.367 e. The smallest absolute Gasteiger partial charge is 0.265 e. The number of aromatic nitrogens is 2. The summed E-state index contributed by atoms with van der Waals surface area (Å²) in [7, 11) is 0. The summed E-state index contributed by atoms with van der Waals surface area (Å²) in [5, 5.41) is 3.85. The molecule has 1 N–H and O–H groups in total. The van der Waals surface area contributed by atoms with Gasteiger partial charge in [-0.3, -0.25) is 18.9 Å². The van der Waals surface area contributed by atoms with Crippen molar-refractivity contribution in [3.05, 3.63) is 87.6 Å². The summed E-state index contributed by atoms with van der Waals surface area (Å²) in [5.41, 5.74) is 1.44. The van der Waals surface area contributed by atoms with E-state index in [1.165, 1.54) is 10.5 Å². The molecule has 2 aromatic carbocycles. The van der Waals surface area contributed by atoms with Crippen LogP contribution >= 0.6 is 11.6 Å². The third-order valence-electron chi connectivity index (χ3n) is 6.13. The highest BCUT2D eigenvalue weighted by molar-refractivity contribution is 6.31. The molecule has 1 amide bonds. The Morgan fingerprint density at radius 2 is 1.85 bits per heavy atom. The van der Waals surface area contributed by atoms with E-state index in [1.54, 1.807) is 48.7 Å². The van der Waals surface area contributed by atoms with Crippen LogP contribution in [-0.4, -0.2) is 59.5 Å². The topological polar surface area (TPSA) is 70.0 Å². The van der Waals surface area contributed by atoms with Crippen LogP contribution in [0, 0.1) is 5.82 Å². The van der Waals surface area contributed by atoms with Crippen molar-refractivity contribution < 1.29 is 9.18 Å². The van der Waals surface area contributed by atoms with Crippen molar-refractivity contribution in [3.63, 3.8) is 0 Å². The predicted molar refractivity (Wildman–Crippen MR) is 131 cm³/mol. The maximum absolute atomic E-state index is 14.0. The highest BCUT2D eigenvalue weighted by Gasteiger charge is 2.20. The normalized spacial score (nSPS) is 14.6. The van der Waals surface area contributed by atoms with E-state index in [0.29, 0.717) is 45.9 Å². The van der Waals surface area contributed by atoms with E-state index in [4.69, 9.17) is 11.6 Å². The van der Waals surface area contributed by atoms with Crippen LogP contribution in [0.15, 0.2) is 65.6 Å². The second-order valence-electron chi connectivity index (χ2n) is 8.23. The fraction of sp³-hybridized carbons (Fsp3) is 0.240. The summed E-state index contributed by atoms with van der Waals surface area (Å²) in [6.07, 6.45) is 1.60. The molecule has 0 unspecified atom stereocenters. The number of para-hydroxylation sites is 1. The first-order valence-corrected chi connectivity index (χ1v) is 11.5. The number of carbonyl (C=O) groups is 1. The number of halogens is 2. The van der Waals surface area contributed by atoms with Crippen molar-refractivity contribution in [2.75, 3.05) is 44.2 Å². The van der Waals surface area contributed by atoms with Gasteiger partial charge in [0.2, 0.25) is 0 Å². The van der Waals surface area contributed by atoms with Crippen LogP contribution in [0.5, 0.6) is 0 Å². The molecule has 9 heteroatoms. The highest BCUT2D eigenvalue weighted by atomic mass is 35.5. The zero-order valence-corrected chi connectivity index (χ0v) is 19.1. The fourth-order valence-corrected chi connectivity index (χ4v) is 4.49. The Labute approximate surface area is 200 Å². The summed E-state index contributed by atoms with van der Waals surface area (Å²) in [6, 6.07) is 15.0. The molecule has 2 aromatic heterocycles. The maximum Gasteiger partial charge on any atom is 0.265 e. The van der Waals surface area contributed by atoms with Gasteiger partial charge >= 0.3 is 0 Å². The monoisotopic (exact) mass is 479 g/mol. The first-order chi connectivity index (χ1) is 16.5. The van der Waals surface area contributed by atoms with Gasteiger partial charge in [-0.05, 0) is 42.5 Å². The minimum absolute atomic E-state index is 0.207. The van der Waals surface area contributed by atoms with Crippen molar-refractivity contribution in [3.8, 4) is 0 Å². The second-order valence-corrected chi connectivity index (χ2v) is 8.67. The molecule has 0 aliphatic carbocycles. The average Bonchev–Trinajstić information content (AvgIpc) is 2.84. The summed E-state index contributed by atoms with van der Waals surface area (Å²) >= 11 is 6.06. The number of hydrogen-bond acceptors (Lipinski definition) is 5. The van der Waals surface area contributed by atoms with E-state index in [2.05, 4.69) is 15.2 Å². The van der Waals surface area contributed by atoms with Gasteiger partial charge in [-0.2, -0.15) is 0 Å². The molecule has 1 fully saturated rings. The van der Waals surface area contributed by atoms with E-state index in [9.17, 15) is 14.0 Å². The first kappa shape index (κ1) is 22.3. The van der Waals surface area contributed by atoms with Crippen molar-refractivity contribution in [1.82, 2.24) is 19.6 Å². The number of nitrogens with one attached hydrogen (secondary N) is 1. The molecule has 5 rings (SSSR count). The number of piperazine rings is 1. The van der Waals surface area contributed by atoms with Gasteiger partial charge in [0.15, 0.2) is 5.65 Å². The van der Waals surface area contributed by atoms with E-state index in [-0.39, 0.29) is 17.3 Å². The lowest BCUT2D eigenvalue weighted by Gasteiger charge is -2.36. The van der Waals surface area contributed by atoms with Gasteiger partial charge in [0.1, 0.15) is 5.82 Å². The number of nitrogens with zero attached hydrogens (tertiary/aromatic N) is 4. The van der Waals surface area contributed by atoms with Gasteiger partial charge in [0.05, 0.1) is 22.2 Å². The molecule has 1 aliphatic heterocycles. The number of carbonyl (C=O) groups excluding carboxylic acids is 1. The number of hydrogen-bond donors (Lipinski definition) is 1. The quantitative estimate of drug-likeness (QED) is 0.445. The van der Waals surface area contributed by atoms with Crippen LogP contribution in [0.2, 0.25) is 5.02 Å². The molecule has 0 saturated carbocycles. The summed E-state index contributed by atoms with van der Waals surface area (Å²) < 4.78 is 15.4. The van der Waals surface area contributed by atoms with E-state index in [1.807, 2.05) is 11.0 Å². The number of rotatable bonds is 5. The summed E-state index contributed by atoms with van der Waals surface area (Å²) in [4.78, 5) is 34.6. The fourth-order valence-electron chi connectivity index (χ4n) is 4.32. The van der Waals surface area contributed by atoms with E-state index >= 15 is 0 Å². The Morgan fingerprint density at radius 1 is 1.06 bits per heavy atom. The maximum atomic E-state index is 14.0. The van der Waals surface area contributed by atoms with E-state index < -0.39 is 0 Å². The minimum atomic E-state index is -0.295. The SMILES string of the molecule is O=C(NCCN1CCN(c2ccccc2F)CC1)c1cccn2c(=O)c3ccc(Cl)cc3nc12. The van der Waals surface area contributed by atoms with Crippen LogP contribution < -0.4 is 15.8 Å². The third kappa shape index (κ3) is 4.34. The zero-order chi connectivity index (χ0) is 23.7. The molecule has 0 atom stereocenters. The Balaban J connectivity index is 1.24. The average molecular weight is 480 g/mol. The molecule has 7 nitrogen and oxygen atoms in total. The number of amides is 1.